The first-order chi connectivity index (χ1) is 16.6. The molecule has 5 N–H and O–H groups in total. The Balaban J connectivity index is 1.41. The van der Waals surface area contributed by atoms with Crippen LogP contribution in [0.3, 0.4) is 0 Å². The molecule has 1 aliphatic heterocycles. The van der Waals surface area contributed by atoms with Crippen LogP contribution in [-0.2, 0) is 16.9 Å². The predicted octanol–water partition coefficient (Wildman–Crippen LogP) is 4.25. The van der Waals surface area contributed by atoms with Crippen LogP contribution in [-0.4, -0.2) is 28.6 Å². The van der Waals surface area contributed by atoms with Crippen LogP contribution in [0.5, 0.6) is 11.5 Å². The Morgan fingerprint density at radius 2 is 1.71 bits per heavy atom. The lowest BCUT2D eigenvalue weighted by Gasteiger charge is -2.39. The summed E-state index contributed by atoms with van der Waals surface area (Å²) in [4.78, 5) is 0. The Kier molecular flexibility index (Phi) is 6.06. The van der Waals surface area contributed by atoms with Gasteiger partial charge in [-0.1, -0.05) is 54.6 Å². The summed E-state index contributed by atoms with van der Waals surface area (Å²) < 4.78 is 11.0. The zero-order valence-electron chi connectivity index (χ0n) is 19.0. The third kappa shape index (κ3) is 4.17. The molecule has 0 aliphatic carbocycles. The number of H-pyrrole nitrogens is 1. The van der Waals surface area contributed by atoms with Crippen molar-refractivity contribution in [3.8, 4) is 11.5 Å². The molecule has 7 nitrogen and oxygen atoms in total. The van der Waals surface area contributed by atoms with E-state index in [-0.39, 0.29) is 12.7 Å². The molecule has 1 aromatic heterocycles. The Bertz CT molecular complexity index is 1240. The monoisotopic (exact) mass is 456 g/mol. The van der Waals surface area contributed by atoms with Crippen molar-refractivity contribution >= 4 is 5.82 Å². The first-order valence-electron chi connectivity index (χ1n) is 11.3. The standard InChI is InChI=1S/C27H28N4O3/c1-27(20-11-7-18(8-12-20)16-33-17-32)25-24(26(28)31-30-25)23(15-29-27)19-9-13-22(14-10-19)34-21-5-3-2-4-6-21/h2-14,23,29,32H,15-17H2,1H3,(H3,28,30,31). The smallest absolute Gasteiger partial charge is 0.149 e. The molecule has 1 aliphatic rings. The van der Waals surface area contributed by atoms with Crippen LogP contribution in [0.4, 0.5) is 5.82 Å². The van der Waals surface area contributed by atoms with E-state index in [1.807, 2.05) is 54.6 Å². The minimum Gasteiger partial charge on any atom is -0.457 e. The van der Waals surface area contributed by atoms with Crippen molar-refractivity contribution in [1.82, 2.24) is 15.5 Å². The van der Waals surface area contributed by atoms with E-state index in [1.165, 1.54) is 0 Å². The molecule has 0 spiro atoms. The minimum atomic E-state index is -0.469. The van der Waals surface area contributed by atoms with Gasteiger partial charge in [0, 0.05) is 18.0 Å². The number of aromatic nitrogens is 2. The summed E-state index contributed by atoms with van der Waals surface area (Å²) in [6.07, 6.45) is 0. The highest BCUT2D eigenvalue weighted by Gasteiger charge is 2.41. The van der Waals surface area contributed by atoms with Gasteiger partial charge in [0.15, 0.2) is 0 Å². The number of hydrogen-bond donors (Lipinski definition) is 4. The van der Waals surface area contributed by atoms with Gasteiger partial charge in [0.1, 0.15) is 24.1 Å². The molecule has 4 aromatic rings. The van der Waals surface area contributed by atoms with E-state index >= 15 is 0 Å². The van der Waals surface area contributed by atoms with Crippen LogP contribution in [0.25, 0.3) is 0 Å². The molecule has 5 rings (SSSR count). The zero-order chi connectivity index (χ0) is 23.5. The van der Waals surface area contributed by atoms with Gasteiger partial charge in [0.25, 0.3) is 0 Å². The topological polar surface area (TPSA) is 105 Å². The van der Waals surface area contributed by atoms with E-state index in [9.17, 15) is 0 Å². The molecule has 3 aromatic carbocycles. The van der Waals surface area contributed by atoms with E-state index in [0.29, 0.717) is 19.0 Å². The van der Waals surface area contributed by atoms with Gasteiger partial charge in [-0.2, -0.15) is 5.10 Å². The number of fused-ring (bicyclic) bond motifs is 1. The summed E-state index contributed by atoms with van der Waals surface area (Å²) in [6, 6.07) is 26.0. The van der Waals surface area contributed by atoms with Crippen LogP contribution in [0.1, 0.15) is 40.8 Å². The first-order valence-corrected chi connectivity index (χ1v) is 11.3. The maximum atomic E-state index is 8.88. The first kappa shape index (κ1) is 22.2. The Labute approximate surface area is 198 Å². The van der Waals surface area contributed by atoms with Crippen molar-refractivity contribution < 1.29 is 14.6 Å². The number of hydrogen-bond acceptors (Lipinski definition) is 6. The maximum absolute atomic E-state index is 8.88. The molecule has 0 bridgehead atoms. The lowest BCUT2D eigenvalue weighted by Crippen LogP contribution is -2.47. The molecule has 0 fully saturated rings. The van der Waals surface area contributed by atoms with Crippen molar-refractivity contribution in [2.24, 2.45) is 0 Å². The highest BCUT2D eigenvalue weighted by molar-refractivity contribution is 5.56. The van der Waals surface area contributed by atoms with Gasteiger partial charge in [-0.25, -0.2) is 0 Å². The van der Waals surface area contributed by atoms with Crippen molar-refractivity contribution in [2.45, 2.75) is 25.0 Å². The van der Waals surface area contributed by atoms with Crippen molar-refractivity contribution in [2.75, 3.05) is 19.1 Å². The molecule has 174 valence electrons. The second kappa shape index (κ2) is 9.30. The number of aliphatic hydroxyl groups excluding tert-OH is 1. The number of nitrogens with zero attached hydrogens (tertiary/aromatic N) is 1. The summed E-state index contributed by atoms with van der Waals surface area (Å²) in [5.74, 6) is 2.17. The van der Waals surface area contributed by atoms with Gasteiger partial charge in [0.2, 0.25) is 0 Å². The molecule has 7 heteroatoms. The predicted molar refractivity (Wildman–Crippen MR) is 131 cm³/mol. The van der Waals surface area contributed by atoms with Gasteiger partial charge >= 0.3 is 0 Å². The van der Waals surface area contributed by atoms with E-state index in [1.54, 1.807) is 0 Å². The molecule has 2 atom stereocenters. The Hall–Kier alpha value is -3.65. The van der Waals surface area contributed by atoms with Gasteiger partial charge < -0.3 is 25.6 Å². The molecular formula is C27H28N4O3. The third-order valence-electron chi connectivity index (χ3n) is 6.49. The third-order valence-corrected chi connectivity index (χ3v) is 6.49. The fourth-order valence-corrected chi connectivity index (χ4v) is 4.62. The number of ether oxygens (including phenoxy) is 2. The largest absolute Gasteiger partial charge is 0.457 e. The quantitative estimate of drug-likeness (QED) is 0.310. The highest BCUT2D eigenvalue weighted by Crippen LogP contribution is 2.42. The summed E-state index contributed by atoms with van der Waals surface area (Å²) in [6.45, 7) is 2.92. The molecule has 0 saturated heterocycles. The summed E-state index contributed by atoms with van der Waals surface area (Å²) >= 11 is 0. The lowest BCUT2D eigenvalue weighted by molar-refractivity contribution is -0.0112. The van der Waals surface area contributed by atoms with Crippen molar-refractivity contribution in [1.29, 1.82) is 0 Å². The van der Waals surface area contributed by atoms with Crippen LogP contribution in [0, 0.1) is 0 Å². The molecule has 0 saturated carbocycles. The van der Waals surface area contributed by atoms with Gasteiger partial charge in [-0.05, 0) is 47.9 Å². The lowest BCUT2D eigenvalue weighted by atomic mass is 9.77. The number of nitrogens with one attached hydrogen (secondary N) is 2. The van der Waals surface area contributed by atoms with Crippen LogP contribution < -0.4 is 15.8 Å². The second-order valence-corrected chi connectivity index (χ2v) is 8.61. The summed E-state index contributed by atoms with van der Waals surface area (Å²) in [5.41, 5.74) is 11.1. The number of aromatic amines is 1. The van der Waals surface area contributed by atoms with E-state index in [2.05, 4.69) is 46.7 Å². The summed E-state index contributed by atoms with van der Waals surface area (Å²) in [5, 5.41) is 20.1. The number of rotatable bonds is 7. The minimum absolute atomic E-state index is 0.0600. The Morgan fingerprint density at radius 1 is 1.00 bits per heavy atom. The zero-order valence-corrected chi connectivity index (χ0v) is 19.0. The normalized spacial score (nSPS) is 19.5. The Morgan fingerprint density at radius 3 is 2.41 bits per heavy atom. The molecule has 0 amide bonds. The maximum Gasteiger partial charge on any atom is 0.149 e. The van der Waals surface area contributed by atoms with Crippen LogP contribution >= 0.6 is 0 Å². The number of aliphatic hydroxyl groups is 1. The van der Waals surface area contributed by atoms with E-state index in [4.69, 9.17) is 20.3 Å². The van der Waals surface area contributed by atoms with Crippen molar-refractivity contribution in [3.05, 3.63) is 107 Å². The van der Waals surface area contributed by atoms with E-state index < -0.39 is 5.54 Å². The number of nitrogens with two attached hydrogens (primary N) is 1. The van der Waals surface area contributed by atoms with Gasteiger partial charge in [0.05, 0.1) is 17.8 Å². The molecule has 2 unspecified atom stereocenters. The molecule has 2 heterocycles. The van der Waals surface area contributed by atoms with E-state index in [0.717, 1.165) is 39.4 Å². The second-order valence-electron chi connectivity index (χ2n) is 8.61. The van der Waals surface area contributed by atoms with Crippen molar-refractivity contribution in [3.63, 3.8) is 0 Å². The van der Waals surface area contributed by atoms with Crippen LogP contribution in [0.15, 0.2) is 78.9 Å². The number of anilines is 1. The van der Waals surface area contributed by atoms with Crippen LogP contribution in [0.2, 0.25) is 0 Å². The SMILES string of the molecule is CC1(c2ccc(COCO)cc2)NCC(c2ccc(Oc3ccccc3)cc2)c2c(N)n[nH]c21. The molecule has 34 heavy (non-hydrogen) atoms. The number of para-hydroxylation sites is 1. The average Bonchev–Trinajstić information content (AvgIpc) is 3.27. The van der Waals surface area contributed by atoms with Gasteiger partial charge in [-0.3, -0.25) is 5.10 Å². The van der Waals surface area contributed by atoms with Gasteiger partial charge in [-0.15, -0.1) is 0 Å². The highest BCUT2D eigenvalue weighted by atomic mass is 16.6. The number of nitrogen functional groups attached to an aromatic ring is 1. The molecule has 0 radical (unpaired) electrons. The summed E-state index contributed by atoms with van der Waals surface area (Å²) in [7, 11) is 0. The average molecular weight is 457 g/mol. The number of benzene rings is 3. The fourth-order valence-electron chi connectivity index (χ4n) is 4.62. The fraction of sp³-hybridized carbons (Fsp3) is 0.222. The molecular weight excluding hydrogens is 428 g/mol.